The molecule has 0 aromatic heterocycles. The SMILES string of the molecule is CC1=C(O)C(C)(C)C(=O)C(C(=O)C2CC2c2ccc(O)cc2C(F)(F)F)=C1O. The molecule has 0 spiro atoms. The van der Waals surface area contributed by atoms with Gasteiger partial charge in [0.1, 0.15) is 22.8 Å². The van der Waals surface area contributed by atoms with Crippen molar-refractivity contribution in [3.63, 3.8) is 0 Å². The number of carbonyl (C=O) groups excluding carboxylic acids is 2. The van der Waals surface area contributed by atoms with Crippen LogP contribution in [0.3, 0.4) is 0 Å². The molecule has 2 atom stereocenters. The van der Waals surface area contributed by atoms with E-state index in [2.05, 4.69) is 0 Å². The van der Waals surface area contributed by atoms with E-state index in [0.29, 0.717) is 6.07 Å². The van der Waals surface area contributed by atoms with Crippen LogP contribution in [0.4, 0.5) is 13.2 Å². The van der Waals surface area contributed by atoms with E-state index in [1.165, 1.54) is 20.8 Å². The van der Waals surface area contributed by atoms with Crippen LogP contribution in [0.1, 0.15) is 44.2 Å². The molecule has 2 unspecified atom stereocenters. The molecule has 0 aliphatic heterocycles. The monoisotopic (exact) mass is 396 g/mol. The van der Waals surface area contributed by atoms with Gasteiger partial charge in [-0.05, 0) is 50.8 Å². The summed E-state index contributed by atoms with van der Waals surface area (Å²) < 4.78 is 39.9. The molecule has 0 saturated heterocycles. The number of phenols is 1. The molecule has 1 aromatic carbocycles. The van der Waals surface area contributed by atoms with E-state index in [1.807, 2.05) is 0 Å². The summed E-state index contributed by atoms with van der Waals surface area (Å²) in [7, 11) is 0. The molecule has 1 aromatic rings. The Balaban J connectivity index is 1.97. The van der Waals surface area contributed by atoms with Gasteiger partial charge in [-0.3, -0.25) is 9.59 Å². The molecule has 1 saturated carbocycles. The van der Waals surface area contributed by atoms with Crippen LogP contribution in [0, 0.1) is 11.3 Å². The van der Waals surface area contributed by atoms with E-state index in [0.717, 1.165) is 12.1 Å². The van der Waals surface area contributed by atoms with E-state index in [9.17, 15) is 38.1 Å². The van der Waals surface area contributed by atoms with Crippen molar-refractivity contribution in [1.29, 1.82) is 0 Å². The molecule has 0 amide bonds. The third-order valence-electron chi connectivity index (χ3n) is 5.45. The number of hydrogen-bond acceptors (Lipinski definition) is 5. The van der Waals surface area contributed by atoms with Gasteiger partial charge in [0.25, 0.3) is 0 Å². The summed E-state index contributed by atoms with van der Waals surface area (Å²) in [5.74, 6) is -4.72. The van der Waals surface area contributed by atoms with Gasteiger partial charge in [-0.2, -0.15) is 13.2 Å². The minimum Gasteiger partial charge on any atom is -0.511 e. The van der Waals surface area contributed by atoms with Crippen LogP contribution in [-0.4, -0.2) is 26.9 Å². The van der Waals surface area contributed by atoms with Gasteiger partial charge in [0.15, 0.2) is 11.6 Å². The average molecular weight is 396 g/mol. The van der Waals surface area contributed by atoms with E-state index >= 15 is 0 Å². The fraction of sp³-hybridized carbons (Fsp3) is 0.400. The van der Waals surface area contributed by atoms with Gasteiger partial charge in [0.2, 0.25) is 0 Å². The maximum absolute atomic E-state index is 13.3. The number of rotatable bonds is 3. The van der Waals surface area contributed by atoms with Crippen molar-refractivity contribution in [3.8, 4) is 5.75 Å². The molecule has 3 N–H and O–H groups in total. The second-order valence-corrected chi connectivity index (χ2v) is 7.73. The average Bonchev–Trinajstić information content (AvgIpc) is 3.38. The Morgan fingerprint density at radius 2 is 1.79 bits per heavy atom. The molecule has 28 heavy (non-hydrogen) atoms. The lowest BCUT2D eigenvalue weighted by molar-refractivity contribution is -0.138. The molecule has 0 bridgehead atoms. The minimum atomic E-state index is -4.71. The lowest BCUT2D eigenvalue weighted by Gasteiger charge is -2.29. The van der Waals surface area contributed by atoms with Crippen molar-refractivity contribution in [1.82, 2.24) is 0 Å². The van der Waals surface area contributed by atoms with Crippen LogP contribution in [0.5, 0.6) is 5.75 Å². The van der Waals surface area contributed by atoms with Crippen LogP contribution in [0.15, 0.2) is 40.9 Å². The van der Waals surface area contributed by atoms with Crippen molar-refractivity contribution in [2.75, 3.05) is 0 Å². The van der Waals surface area contributed by atoms with Gasteiger partial charge in [0, 0.05) is 11.5 Å². The number of aliphatic hydroxyl groups is 2. The number of alkyl halides is 3. The van der Waals surface area contributed by atoms with Gasteiger partial charge in [-0.15, -0.1) is 0 Å². The van der Waals surface area contributed by atoms with Gasteiger partial charge in [0.05, 0.1) is 11.0 Å². The summed E-state index contributed by atoms with van der Waals surface area (Å²) in [5.41, 5.74) is -3.08. The number of halogens is 3. The maximum Gasteiger partial charge on any atom is 0.416 e. The Labute approximate surface area is 158 Å². The smallest absolute Gasteiger partial charge is 0.416 e. The number of hydrogen-bond donors (Lipinski definition) is 3. The molecule has 5 nitrogen and oxygen atoms in total. The quantitative estimate of drug-likeness (QED) is 0.661. The van der Waals surface area contributed by atoms with Crippen LogP contribution in [0.2, 0.25) is 0 Å². The molecule has 8 heteroatoms. The lowest BCUT2D eigenvalue weighted by atomic mass is 9.74. The third kappa shape index (κ3) is 2.96. The summed E-state index contributed by atoms with van der Waals surface area (Å²) in [6, 6.07) is 2.83. The Hall–Kier alpha value is -2.77. The van der Waals surface area contributed by atoms with Gasteiger partial charge in [-0.1, -0.05) is 6.07 Å². The summed E-state index contributed by atoms with van der Waals surface area (Å²) in [5, 5.41) is 29.7. The molecule has 1 fully saturated rings. The molecule has 0 radical (unpaired) electrons. The Kier molecular flexibility index (Phi) is 4.36. The molecule has 0 heterocycles. The number of carbonyl (C=O) groups is 2. The van der Waals surface area contributed by atoms with E-state index < -0.39 is 57.6 Å². The van der Waals surface area contributed by atoms with E-state index in [1.54, 1.807) is 0 Å². The second-order valence-electron chi connectivity index (χ2n) is 7.73. The predicted octanol–water partition coefficient (Wildman–Crippen LogP) is 4.34. The van der Waals surface area contributed by atoms with Crippen LogP contribution in [0.25, 0.3) is 0 Å². The first kappa shape index (κ1) is 20.0. The highest BCUT2D eigenvalue weighted by Crippen LogP contribution is 2.54. The zero-order chi connectivity index (χ0) is 21.2. The van der Waals surface area contributed by atoms with Gasteiger partial charge in [-0.25, -0.2) is 0 Å². The van der Waals surface area contributed by atoms with Crippen LogP contribution in [-0.2, 0) is 15.8 Å². The van der Waals surface area contributed by atoms with Crippen molar-refractivity contribution in [2.45, 2.75) is 39.3 Å². The normalized spacial score (nSPS) is 24.6. The van der Waals surface area contributed by atoms with Crippen molar-refractivity contribution >= 4 is 11.6 Å². The second kappa shape index (κ2) is 6.12. The Morgan fingerprint density at radius 3 is 2.36 bits per heavy atom. The zero-order valence-corrected chi connectivity index (χ0v) is 15.4. The first-order valence-corrected chi connectivity index (χ1v) is 8.61. The Morgan fingerprint density at radius 1 is 1.18 bits per heavy atom. The predicted molar refractivity (Wildman–Crippen MR) is 92.7 cm³/mol. The van der Waals surface area contributed by atoms with E-state index in [-0.39, 0.29) is 23.3 Å². The standard InChI is InChI=1S/C20H19F3O5/c1-8-15(25)14(18(28)19(2,3)17(8)27)16(26)12-7-11(12)10-5-4-9(24)6-13(10)20(21,22)23/h4-6,11-12,24-25,27H,7H2,1-3H3. The summed E-state index contributed by atoms with van der Waals surface area (Å²) in [4.78, 5) is 25.5. The largest absolute Gasteiger partial charge is 0.511 e. The molecule has 150 valence electrons. The molecule has 3 rings (SSSR count). The number of benzene rings is 1. The minimum absolute atomic E-state index is 0.00855. The van der Waals surface area contributed by atoms with E-state index in [4.69, 9.17) is 0 Å². The summed E-state index contributed by atoms with van der Waals surface area (Å²) in [6.07, 6.45) is -4.62. The summed E-state index contributed by atoms with van der Waals surface area (Å²) >= 11 is 0. The zero-order valence-electron chi connectivity index (χ0n) is 15.4. The fourth-order valence-corrected chi connectivity index (χ4v) is 3.65. The highest BCUT2D eigenvalue weighted by atomic mass is 19.4. The van der Waals surface area contributed by atoms with Crippen molar-refractivity contribution in [3.05, 3.63) is 52.0 Å². The molecular weight excluding hydrogens is 377 g/mol. The Bertz CT molecular complexity index is 953. The molecule has 2 aliphatic rings. The fourth-order valence-electron chi connectivity index (χ4n) is 3.65. The topological polar surface area (TPSA) is 94.8 Å². The number of Topliss-reactive ketones (excluding diaryl/α,β-unsaturated/α-hetero) is 2. The lowest BCUT2D eigenvalue weighted by Crippen LogP contribution is -2.36. The number of ketones is 2. The van der Waals surface area contributed by atoms with Crippen LogP contribution >= 0.6 is 0 Å². The van der Waals surface area contributed by atoms with Crippen molar-refractivity contribution in [2.24, 2.45) is 11.3 Å². The number of aromatic hydroxyl groups is 1. The van der Waals surface area contributed by atoms with Crippen molar-refractivity contribution < 1.29 is 38.1 Å². The summed E-state index contributed by atoms with van der Waals surface area (Å²) in [6.45, 7) is 4.16. The highest BCUT2D eigenvalue weighted by molar-refractivity contribution is 6.25. The third-order valence-corrected chi connectivity index (χ3v) is 5.45. The number of aliphatic hydroxyl groups excluding tert-OH is 2. The van der Waals surface area contributed by atoms with Crippen LogP contribution < -0.4 is 0 Å². The first-order chi connectivity index (χ1) is 12.8. The van der Waals surface area contributed by atoms with Gasteiger partial charge < -0.3 is 15.3 Å². The maximum atomic E-state index is 13.3. The number of allylic oxidation sites excluding steroid dienone is 3. The molecular formula is C20H19F3O5. The van der Waals surface area contributed by atoms with Gasteiger partial charge >= 0.3 is 6.18 Å². The number of phenolic OH excluding ortho intramolecular Hbond substituents is 1. The first-order valence-electron chi connectivity index (χ1n) is 8.61. The molecule has 2 aliphatic carbocycles. The highest BCUT2D eigenvalue weighted by Gasteiger charge is 2.53.